The molecule has 0 spiro atoms. The van der Waals surface area contributed by atoms with Crippen LogP contribution >= 0.6 is 0 Å². The quantitative estimate of drug-likeness (QED) is 0.837. The summed E-state index contributed by atoms with van der Waals surface area (Å²) in [6.45, 7) is 7.14. The van der Waals surface area contributed by atoms with Crippen molar-refractivity contribution in [2.45, 2.75) is 13.8 Å². The molecule has 1 aromatic heterocycles. The Kier molecular flexibility index (Phi) is 3.99. The molecule has 0 saturated carbocycles. The second-order valence-electron chi connectivity index (χ2n) is 5.43. The van der Waals surface area contributed by atoms with E-state index >= 15 is 0 Å². The SMILES string of the molecule is CC(C)(CN)C(=O)N1CCN(c2cnccn2)CC1. The molecule has 2 rings (SSSR count). The van der Waals surface area contributed by atoms with E-state index in [-0.39, 0.29) is 5.91 Å². The standard InChI is InChI=1S/C13H21N5O/c1-13(2,10-14)12(19)18-7-5-17(6-8-18)11-9-15-3-4-16-11/h3-4,9H,5-8,10,14H2,1-2H3. The average molecular weight is 263 g/mol. The van der Waals surface area contributed by atoms with Crippen molar-refractivity contribution in [1.29, 1.82) is 0 Å². The van der Waals surface area contributed by atoms with Crippen LogP contribution in [0.25, 0.3) is 0 Å². The number of nitrogens with zero attached hydrogens (tertiary/aromatic N) is 4. The zero-order valence-corrected chi connectivity index (χ0v) is 11.5. The van der Waals surface area contributed by atoms with Gasteiger partial charge in [0.25, 0.3) is 0 Å². The summed E-state index contributed by atoms with van der Waals surface area (Å²) in [4.78, 5) is 24.7. The largest absolute Gasteiger partial charge is 0.352 e. The molecule has 6 heteroatoms. The number of carbonyl (C=O) groups is 1. The summed E-state index contributed by atoms with van der Waals surface area (Å²) < 4.78 is 0. The Balaban J connectivity index is 1.95. The molecule has 1 saturated heterocycles. The van der Waals surface area contributed by atoms with Crippen molar-refractivity contribution in [3.05, 3.63) is 18.6 Å². The molecule has 1 aromatic rings. The third kappa shape index (κ3) is 3.01. The van der Waals surface area contributed by atoms with Crippen LogP contribution in [0.2, 0.25) is 0 Å². The summed E-state index contributed by atoms with van der Waals surface area (Å²) in [5.41, 5.74) is 5.18. The fraction of sp³-hybridized carbons (Fsp3) is 0.615. The molecule has 104 valence electrons. The number of hydrogen-bond donors (Lipinski definition) is 1. The van der Waals surface area contributed by atoms with Crippen molar-refractivity contribution in [1.82, 2.24) is 14.9 Å². The normalized spacial score (nSPS) is 16.6. The highest BCUT2D eigenvalue weighted by atomic mass is 16.2. The van der Waals surface area contributed by atoms with E-state index < -0.39 is 5.41 Å². The number of aromatic nitrogens is 2. The molecule has 0 radical (unpaired) electrons. The lowest BCUT2D eigenvalue weighted by atomic mass is 9.91. The van der Waals surface area contributed by atoms with Crippen molar-refractivity contribution in [3.8, 4) is 0 Å². The highest BCUT2D eigenvalue weighted by Crippen LogP contribution is 2.19. The van der Waals surface area contributed by atoms with Crippen LogP contribution in [0.15, 0.2) is 18.6 Å². The zero-order valence-electron chi connectivity index (χ0n) is 11.5. The molecule has 2 N–H and O–H groups in total. The zero-order chi connectivity index (χ0) is 13.9. The van der Waals surface area contributed by atoms with Crippen LogP contribution in [0.5, 0.6) is 0 Å². The number of rotatable bonds is 3. The van der Waals surface area contributed by atoms with E-state index in [1.165, 1.54) is 0 Å². The Morgan fingerprint density at radius 3 is 2.53 bits per heavy atom. The Morgan fingerprint density at radius 1 is 1.32 bits per heavy atom. The Bertz CT molecular complexity index is 426. The first kappa shape index (κ1) is 13.7. The van der Waals surface area contributed by atoms with Gasteiger partial charge in [-0.05, 0) is 13.8 Å². The average Bonchev–Trinajstić information content (AvgIpc) is 2.47. The minimum absolute atomic E-state index is 0.133. The minimum Gasteiger partial charge on any atom is -0.352 e. The molecule has 2 heterocycles. The molecule has 0 unspecified atom stereocenters. The van der Waals surface area contributed by atoms with E-state index in [1.54, 1.807) is 18.6 Å². The minimum atomic E-state index is -0.477. The summed E-state index contributed by atoms with van der Waals surface area (Å²) in [5.74, 6) is 1.00. The van der Waals surface area contributed by atoms with Crippen LogP contribution in [0, 0.1) is 5.41 Å². The second-order valence-corrected chi connectivity index (χ2v) is 5.43. The molecular weight excluding hydrogens is 242 g/mol. The summed E-state index contributed by atoms with van der Waals surface area (Å²) in [5, 5.41) is 0. The van der Waals surface area contributed by atoms with Crippen LogP contribution in [-0.4, -0.2) is 53.5 Å². The summed E-state index contributed by atoms with van der Waals surface area (Å²) >= 11 is 0. The Labute approximate surface area is 113 Å². The van der Waals surface area contributed by atoms with Gasteiger partial charge in [0.15, 0.2) is 0 Å². The molecule has 1 aliphatic heterocycles. The smallest absolute Gasteiger partial charge is 0.229 e. The molecule has 19 heavy (non-hydrogen) atoms. The summed E-state index contributed by atoms with van der Waals surface area (Å²) in [6.07, 6.45) is 5.10. The number of hydrogen-bond acceptors (Lipinski definition) is 5. The van der Waals surface area contributed by atoms with E-state index in [4.69, 9.17) is 5.73 Å². The van der Waals surface area contributed by atoms with Gasteiger partial charge in [-0.15, -0.1) is 0 Å². The highest BCUT2D eigenvalue weighted by molar-refractivity contribution is 5.82. The summed E-state index contributed by atoms with van der Waals surface area (Å²) in [6, 6.07) is 0. The lowest BCUT2D eigenvalue weighted by Crippen LogP contribution is -2.53. The van der Waals surface area contributed by atoms with Crippen molar-refractivity contribution in [2.24, 2.45) is 11.1 Å². The van der Waals surface area contributed by atoms with Crippen LogP contribution in [0.3, 0.4) is 0 Å². The first-order valence-corrected chi connectivity index (χ1v) is 6.55. The van der Waals surface area contributed by atoms with Crippen molar-refractivity contribution in [2.75, 3.05) is 37.6 Å². The van der Waals surface area contributed by atoms with Gasteiger partial charge in [-0.25, -0.2) is 4.98 Å². The molecule has 1 fully saturated rings. The van der Waals surface area contributed by atoms with Gasteiger partial charge in [0.1, 0.15) is 5.82 Å². The van der Waals surface area contributed by atoms with E-state index in [9.17, 15) is 4.79 Å². The monoisotopic (exact) mass is 263 g/mol. The molecule has 0 atom stereocenters. The maximum absolute atomic E-state index is 12.3. The number of amides is 1. The number of anilines is 1. The fourth-order valence-electron chi connectivity index (χ4n) is 2.11. The first-order chi connectivity index (χ1) is 9.04. The van der Waals surface area contributed by atoms with Gasteiger partial charge in [0.05, 0.1) is 11.6 Å². The van der Waals surface area contributed by atoms with Crippen LogP contribution in [0.4, 0.5) is 5.82 Å². The molecule has 1 amide bonds. The van der Waals surface area contributed by atoms with E-state index in [2.05, 4.69) is 14.9 Å². The van der Waals surface area contributed by atoms with E-state index in [1.807, 2.05) is 18.7 Å². The van der Waals surface area contributed by atoms with E-state index in [0.717, 1.165) is 18.9 Å². The summed E-state index contributed by atoms with van der Waals surface area (Å²) in [7, 11) is 0. The third-order valence-corrected chi connectivity index (χ3v) is 3.53. The maximum atomic E-state index is 12.3. The first-order valence-electron chi connectivity index (χ1n) is 6.55. The predicted molar refractivity (Wildman–Crippen MR) is 73.7 cm³/mol. The Morgan fingerprint density at radius 2 is 2.00 bits per heavy atom. The molecular formula is C13H21N5O. The molecule has 0 aromatic carbocycles. The van der Waals surface area contributed by atoms with Crippen LogP contribution in [-0.2, 0) is 4.79 Å². The van der Waals surface area contributed by atoms with Gasteiger partial charge >= 0.3 is 0 Å². The van der Waals surface area contributed by atoms with Crippen LogP contribution in [0.1, 0.15) is 13.8 Å². The fourth-order valence-corrected chi connectivity index (χ4v) is 2.11. The Hall–Kier alpha value is -1.69. The van der Waals surface area contributed by atoms with Gasteiger partial charge in [-0.2, -0.15) is 0 Å². The number of piperazine rings is 1. The number of nitrogens with two attached hydrogens (primary N) is 1. The second kappa shape index (κ2) is 5.52. The molecule has 6 nitrogen and oxygen atoms in total. The van der Waals surface area contributed by atoms with Crippen molar-refractivity contribution in [3.63, 3.8) is 0 Å². The highest BCUT2D eigenvalue weighted by Gasteiger charge is 2.32. The topological polar surface area (TPSA) is 75.4 Å². The third-order valence-electron chi connectivity index (χ3n) is 3.53. The van der Waals surface area contributed by atoms with Gasteiger partial charge in [-0.3, -0.25) is 9.78 Å². The van der Waals surface area contributed by atoms with Crippen LogP contribution < -0.4 is 10.6 Å². The van der Waals surface area contributed by atoms with Crippen molar-refractivity contribution < 1.29 is 4.79 Å². The molecule has 0 bridgehead atoms. The maximum Gasteiger partial charge on any atom is 0.229 e. The van der Waals surface area contributed by atoms with Gasteiger partial charge in [0.2, 0.25) is 5.91 Å². The predicted octanol–water partition coefficient (Wildman–Crippen LogP) is 0.110. The number of carbonyl (C=O) groups excluding carboxylic acids is 1. The van der Waals surface area contributed by atoms with Gasteiger partial charge < -0.3 is 15.5 Å². The molecule has 1 aliphatic rings. The van der Waals surface area contributed by atoms with Gasteiger partial charge in [-0.1, -0.05) is 0 Å². The van der Waals surface area contributed by atoms with Gasteiger partial charge in [0, 0.05) is 45.1 Å². The lowest BCUT2D eigenvalue weighted by molar-refractivity contribution is -0.140. The molecule has 0 aliphatic carbocycles. The van der Waals surface area contributed by atoms with E-state index in [0.29, 0.717) is 19.6 Å². The van der Waals surface area contributed by atoms with Crippen molar-refractivity contribution >= 4 is 11.7 Å². The lowest BCUT2D eigenvalue weighted by Gasteiger charge is -2.38.